The minimum atomic E-state index is -0.161. The minimum Gasteiger partial charge on any atom is -0.379 e. The molecule has 8 nitrogen and oxygen atoms in total. The number of rotatable bonds is 8. The third kappa shape index (κ3) is 5.90. The quantitative estimate of drug-likeness (QED) is 0.619. The standard InChI is InChI=1S/C22H29ClN6O2/c23-19-16-25-22(28-9-1-2-10-28)26-20(19)21(30)29(17-18-4-6-24-7-5-18)11-3-8-27-12-14-31-15-13-27/h4-7,16H,1-3,8-15,17H2. The number of aromatic nitrogens is 3. The summed E-state index contributed by atoms with van der Waals surface area (Å²) in [7, 11) is 0. The van der Waals surface area contributed by atoms with Crippen molar-refractivity contribution in [1.29, 1.82) is 0 Å². The molecule has 0 unspecified atom stereocenters. The molecule has 0 aromatic carbocycles. The van der Waals surface area contributed by atoms with Gasteiger partial charge in [-0.25, -0.2) is 9.97 Å². The van der Waals surface area contributed by atoms with E-state index in [1.165, 1.54) is 0 Å². The zero-order valence-electron chi connectivity index (χ0n) is 17.7. The second-order valence-corrected chi connectivity index (χ2v) is 8.36. The maximum absolute atomic E-state index is 13.5. The van der Waals surface area contributed by atoms with Crippen LogP contribution in [0.25, 0.3) is 0 Å². The van der Waals surface area contributed by atoms with Crippen molar-refractivity contribution in [3.63, 3.8) is 0 Å². The molecule has 2 aromatic heterocycles. The number of hydrogen-bond acceptors (Lipinski definition) is 7. The summed E-state index contributed by atoms with van der Waals surface area (Å²) in [4.78, 5) is 32.8. The Hall–Kier alpha value is -2.29. The molecule has 0 N–H and O–H groups in total. The fraction of sp³-hybridized carbons (Fsp3) is 0.545. The Kier molecular flexibility index (Phi) is 7.66. The molecule has 166 valence electrons. The molecule has 31 heavy (non-hydrogen) atoms. The first-order valence-electron chi connectivity index (χ1n) is 11.0. The van der Waals surface area contributed by atoms with Crippen LogP contribution in [0.1, 0.15) is 35.3 Å². The second kappa shape index (κ2) is 10.8. The Morgan fingerprint density at radius 3 is 2.61 bits per heavy atom. The molecule has 0 bridgehead atoms. The Bertz CT molecular complexity index is 856. The van der Waals surface area contributed by atoms with Crippen LogP contribution in [0.3, 0.4) is 0 Å². The average molecular weight is 445 g/mol. The van der Waals surface area contributed by atoms with Gasteiger partial charge in [-0.2, -0.15) is 0 Å². The van der Waals surface area contributed by atoms with Crippen LogP contribution >= 0.6 is 11.6 Å². The van der Waals surface area contributed by atoms with Crippen LogP contribution in [0.15, 0.2) is 30.7 Å². The Morgan fingerprint density at radius 2 is 1.87 bits per heavy atom. The molecule has 4 rings (SSSR count). The number of anilines is 1. The van der Waals surface area contributed by atoms with E-state index >= 15 is 0 Å². The monoisotopic (exact) mass is 444 g/mol. The van der Waals surface area contributed by atoms with Crippen LogP contribution in [-0.4, -0.2) is 83.1 Å². The first kappa shape index (κ1) is 21.9. The fourth-order valence-electron chi connectivity index (χ4n) is 4.00. The van der Waals surface area contributed by atoms with E-state index in [9.17, 15) is 4.79 Å². The van der Waals surface area contributed by atoms with E-state index in [-0.39, 0.29) is 11.6 Å². The van der Waals surface area contributed by atoms with E-state index in [4.69, 9.17) is 16.3 Å². The maximum atomic E-state index is 13.5. The Morgan fingerprint density at radius 1 is 1.13 bits per heavy atom. The highest BCUT2D eigenvalue weighted by atomic mass is 35.5. The second-order valence-electron chi connectivity index (χ2n) is 7.95. The number of morpholine rings is 1. The molecule has 0 radical (unpaired) electrons. The van der Waals surface area contributed by atoms with E-state index in [0.29, 0.717) is 24.1 Å². The SMILES string of the molecule is O=C(c1nc(N2CCCC2)ncc1Cl)N(CCCN1CCOCC1)Cc1ccncc1. The van der Waals surface area contributed by atoms with E-state index in [2.05, 4.69) is 24.8 Å². The van der Waals surface area contributed by atoms with Crippen molar-refractivity contribution in [2.45, 2.75) is 25.8 Å². The highest BCUT2D eigenvalue weighted by Crippen LogP contribution is 2.22. The lowest BCUT2D eigenvalue weighted by atomic mass is 10.2. The molecule has 1 amide bonds. The third-order valence-electron chi connectivity index (χ3n) is 5.74. The zero-order valence-corrected chi connectivity index (χ0v) is 18.5. The normalized spacial score (nSPS) is 17.1. The molecule has 9 heteroatoms. The number of hydrogen-bond donors (Lipinski definition) is 0. The molecule has 2 aliphatic rings. The zero-order chi connectivity index (χ0) is 21.5. The first-order valence-corrected chi connectivity index (χ1v) is 11.3. The van der Waals surface area contributed by atoms with Gasteiger partial charge in [0.2, 0.25) is 5.95 Å². The van der Waals surface area contributed by atoms with Gasteiger partial charge in [-0.3, -0.25) is 14.7 Å². The van der Waals surface area contributed by atoms with Gasteiger partial charge in [0.25, 0.3) is 5.91 Å². The lowest BCUT2D eigenvalue weighted by molar-refractivity contribution is 0.0355. The Labute approximate surface area is 188 Å². The highest BCUT2D eigenvalue weighted by molar-refractivity contribution is 6.33. The molecule has 2 fully saturated rings. The van der Waals surface area contributed by atoms with Gasteiger partial charge in [0, 0.05) is 58.2 Å². The third-order valence-corrected chi connectivity index (χ3v) is 6.02. The molecule has 0 atom stereocenters. The summed E-state index contributed by atoms with van der Waals surface area (Å²) in [6.07, 6.45) is 8.14. The number of carbonyl (C=O) groups is 1. The number of halogens is 1. The molecule has 0 aliphatic carbocycles. The van der Waals surface area contributed by atoms with Crippen LogP contribution in [-0.2, 0) is 11.3 Å². The number of pyridine rings is 1. The van der Waals surface area contributed by atoms with Crippen molar-refractivity contribution in [3.8, 4) is 0 Å². The van der Waals surface area contributed by atoms with E-state index < -0.39 is 0 Å². The largest absolute Gasteiger partial charge is 0.379 e. The molecule has 2 saturated heterocycles. The van der Waals surface area contributed by atoms with Gasteiger partial charge < -0.3 is 14.5 Å². The summed E-state index contributed by atoms with van der Waals surface area (Å²) in [6, 6.07) is 3.86. The van der Waals surface area contributed by atoms with Crippen molar-refractivity contribution in [3.05, 3.63) is 47.0 Å². The number of carbonyl (C=O) groups excluding carboxylic acids is 1. The van der Waals surface area contributed by atoms with Crippen LogP contribution in [0.2, 0.25) is 5.02 Å². The first-order chi connectivity index (χ1) is 15.2. The van der Waals surface area contributed by atoms with Crippen LogP contribution in [0, 0.1) is 0 Å². The highest BCUT2D eigenvalue weighted by Gasteiger charge is 2.24. The molecule has 0 saturated carbocycles. The molecular formula is C22H29ClN6O2. The van der Waals surface area contributed by atoms with Gasteiger partial charge in [-0.1, -0.05) is 11.6 Å². The smallest absolute Gasteiger partial charge is 0.274 e. The van der Waals surface area contributed by atoms with Gasteiger partial charge in [-0.15, -0.1) is 0 Å². The minimum absolute atomic E-state index is 0.161. The lowest BCUT2D eigenvalue weighted by Crippen LogP contribution is -2.39. The maximum Gasteiger partial charge on any atom is 0.274 e. The van der Waals surface area contributed by atoms with Gasteiger partial charge in [0.15, 0.2) is 5.69 Å². The fourth-order valence-corrected chi connectivity index (χ4v) is 4.17. The summed E-state index contributed by atoms with van der Waals surface area (Å²) >= 11 is 6.38. The van der Waals surface area contributed by atoms with Crippen LogP contribution < -0.4 is 4.90 Å². The predicted molar refractivity (Wildman–Crippen MR) is 119 cm³/mol. The van der Waals surface area contributed by atoms with Gasteiger partial charge >= 0.3 is 0 Å². The van der Waals surface area contributed by atoms with E-state index in [1.807, 2.05) is 17.0 Å². The molecule has 2 aliphatic heterocycles. The van der Waals surface area contributed by atoms with Crippen molar-refractivity contribution in [2.24, 2.45) is 0 Å². The molecular weight excluding hydrogens is 416 g/mol. The van der Waals surface area contributed by atoms with E-state index in [1.54, 1.807) is 18.6 Å². The summed E-state index contributed by atoms with van der Waals surface area (Å²) in [5.41, 5.74) is 1.30. The van der Waals surface area contributed by atoms with Gasteiger partial charge in [-0.05, 0) is 37.0 Å². The molecule has 4 heterocycles. The summed E-state index contributed by atoms with van der Waals surface area (Å²) in [5.74, 6) is 0.425. The summed E-state index contributed by atoms with van der Waals surface area (Å²) in [6.45, 7) is 7.29. The predicted octanol–water partition coefficient (Wildman–Crippen LogP) is 2.49. The average Bonchev–Trinajstić information content (AvgIpc) is 3.35. The van der Waals surface area contributed by atoms with Crippen molar-refractivity contribution in [2.75, 3.05) is 57.4 Å². The molecule has 0 spiro atoms. The van der Waals surface area contributed by atoms with E-state index in [0.717, 1.165) is 70.8 Å². The van der Waals surface area contributed by atoms with Crippen molar-refractivity contribution in [1.82, 2.24) is 24.8 Å². The topological polar surface area (TPSA) is 74.7 Å². The summed E-state index contributed by atoms with van der Waals surface area (Å²) in [5, 5.41) is 0.292. The van der Waals surface area contributed by atoms with Gasteiger partial charge in [0.1, 0.15) is 0 Å². The van der Waals surface area contributed by atoms with Gasteiger partial charge in [0.05, 0.1) is 24.4 Å². The van der Waals surface area contributed by atoms with Crippen molar-refractivity contribution < 1.29 is 9.53 Å². The Balaban J connectivity index is 1.49. The number of amides is 1. The molecule has 2 aromatic rings. The summed E-state index contributed by atoms with van der Waals surface area (Å²) < 4.78 is 5.42. The van der Waals surface area contributed by atoms with Crippen LogP contribution in [0.5, 0.6) is 0 Å². The number of nitrogens with zero attached hydrogens (tertiary/aromatic N) is 6. The number of ether oxygens (including phenoxy) is 1. The lowest BCUT2D eigenvalue weighted by Gasteiger charge is -2.28. The van der Waals surface area contributed by atoms with Crippen molar-refractivity contribution >= 4 is 23.5 Å². The van der Waals surface area contributed by atoms with Crippen LogP contribution in [0.4, 0.5) is 5.95 Å².